The van der Waals surface area contributed by atoms with Gasteiger partial charge in [0, 0.05) is 10.6 Å². The van der Waals surface area contributed by atoms with E-state index in [1.165, 1.54) is 16.7 Å². The molecule has 4 rings (SSSR count). The number of aryl methyl sites for hydroxylation is 4. The SMILES string of the molecule is Cc1ccc(NC2=C(Sc3ccc(C)cc3)C(=O)N(c3cc(C)cc(C)c3)C2=O)cc1. The number of carbonyl (C=O) groups excluding carboxylic acids is 2. The highest BCUT2D eigenvalue weighted by Gasteiger charge is 2.40. The Hall–Kier alpha value is -3.31. The Morgan fingerprint density at radius 3 is 1.81 bits per heavy atom. The summed E-state index contributed by atoms with van der Waals surface area (Å²) in [6.07, 6.45) is 0. The summed E-state index contributed by atoms with van der Waals surface area (Å²) in [4.78, 5) is 29.5. The quantitative estimate of drug-likeness (QED) is 0.513. The molecule has 0 fully saturated rings. The maximum absolute atomic E-state index is 13.5. The molecule has 4 nitrogen and oxygen atoms in total. The van der Waals surface area contributed by atoms with E-state index in [4.69, 9.17) is 0 Å². The molecule has 0 aromatic heterocycles. The normalized spacial score (nSPS) is 13.9. The summed E-state index contributed by atoms with van der Waals surface area (Å²) in [5.41, 5.74) is 5.94. The molecule has 1 aliphatic rings. The number of hydrogen-bond donors (Lipinski definition) is 1. The lowest BCUT2D eigenvalue weighted by atomic mass is 10.1. The summed E-state index contributed by atoms with van der Waals surface area (Å²) >= 11 is 1.31. The lowest BCUT2D eigenvalue weighted by Crippen LogP contribution is -2.32. The van der Waals surface area contributed by atoms with Crippen LogP contribution in [0.1, 0.15) is 22.3 Å². The molecule has 0 saturated heterocycles. The van der Waals surface area contributed by atoms with Gasteiger partial charge in [-0.15, -0.1) is 0 Å². The number of anilines is 2. The van der Waals surface area contributed by atoms with Gasteiger partial charge in [-0.1, -0.05) is 53.2 Å². The molecule has 1 heterocycles. The topological polar surface area (TPSA) is 49.4 Å². The number of imide groups is 1. The van der Waals surface area contributed by atoms with Crippen LogP contribution >= 0.6 is 11.8 Å². The van der Waals surface area contributed by atoms with Crippen molar-refractivity contribution >= 4 is 35.0 Å². The zero-order valence-corrected chi connectivity index (χ0v) is 18.8. The monoisotopic (exact) mass is 428 g/mol. The summed E-state index contributed by atoms with van der Waals surface area (Å²) in [5.74, 6) is -0.652. The molecule has 31 heavy (non-hydrogen) atoms. The molecule has 0 spiro atoms. The van der Waals surface area contributed by atoms with Gasteiger partial charge in [-0.3, -0.25) is 9.59 Å². The molecular weight excluding hydrogens is 404 g/mol. The van der Waals surface area contributed by atoms with Crippen LogP contribution in [-0.4, -0.2) is 11.8 Å². The number of carbonyl (C=O) groups is 2. The predicted molar refractivity (Wildman–Crippen MR) is 127 cm³/mol. The fourth-order valence-corrected chi connectivity index (χ4v) is 4.46. The highest BCUT2D eigenvalue weighted by molar-refractivity contribution is 8.04. The van der Waals surface area contributed by atoms with Crippen molar-refractivity contribution < 1.29 is 9.59 Å². The number of rotatable bonds is 5. The Bertz CT molecular complexity index is 1110. The van der Waals surface area contributed by atoms with E-state index >= 15 is 0 Å². The van der Waals surface area contributed by atoms with Gasteiger partial charge in [-0.05, 0) is 75.2 Å². The van der Waals surface area contributed by atoms with Gasteiger partial charge in [0.1, 0.15) is 10.6 Å². The Kier molecular flexibility index (Phi) is 5.70. The standard InChI is InChI=1S/C26H24N2O2S/c1-16-5-9-20(10-6-16)27-23-24(31-22-11-7-17(2)8-12-22)26(30)28(25(23)29)21-14-18(3)13-19(4)15-21/h5-15,27H,1-4H3. The second-order valence-electron chi connectivity index (χ2n) is 7.90. The van der Waals surface area contributed by atoms with E-state index in [2.05, 4.69) is 5.32 Å². The molecule has 0 unspecified atom stereocenters. The van der Waals surface area contributed by atoms with Crippen LogP contribution in [0.5, 0.6) is 0 Å². The molecule has 156 valence electrons. The van der Waals surface area contributed by atoms with Crippen molar-refractivity contribution in [1.29, 1.82) is 0 Å². The molecular formula is C26H24N2O2S. The molecule has 2 amide bonds. The van der Waals surface area contributed by atoms with Crippen LogP contribution in [-0.2, 0) is 9.59 Å². The first-order valence-corrected chi connectivity index (χ1v) is 10.9. The smallest absolute Gasteiger partial charge is 0.283 e. The van der Waals surface area contributed by atoms with Crippen LogP contribution < -0.4 is 10.2 Å². The fraction of sp³-hybridized carbons (Fsp3) is 0.154. The van der Waals surface area contributed by atoms with Crippen molar-refractivity contribution in [1.82, 2.24) is 0 Å². The summed E-state index contributed by atoms with van der Waals surface area (Å²) in [5, 5.41) is 3.21. The first-order valence-electron chi connectivity index (χ1n) is 10.1. The van der Waals surface area contributed by atoms with Crippen LogP contribution in [0, 0.1) is 27.7 Å². The van der Waals surface area contributed by atoms with Crippen molar-refractivity contribution in [3.05, 3.63) is 99.6 Å². The number of thioether (sulfide) groups is 1. The molecule has 1 aliphatic heterocycles. The largest absolute Gasteiger partial charge is 0.350 e. The van der Waals surface area contributed by atoms with Gasteiger partial charge in [0.05, 0.1) is 5.69 Å². The molecule has 0 radical (unpaired) electrons. The molecule has 3 aromatic carbocycles. The molecule has 0 aliphatic carbocycles. The van der Waals surface area contributed by atoms with E-state index in [1.54, 1.807) is 0 Å². The number of hydrogen-bond acceptors (Lipinski definition) is 4. The first-order chi connectivity index (χ1) is 14.8. The van der Waals surface area contributed by atoms with Gasteiger partial charge in [0.25, 0.3) is 11.8 Å². The van der Waals surface area contributed by atoms with E-state index in [9.17, 15) is 9.59 Å². The van der Waals surface area contributed by atoms with Crippen LogP contribution in [0.4, 0.5) is 11.4 Å². The highest BCUT2D eigenvalue weighted by atomic mass is 32.2. The number of nitrogens with one attached hydrogen (secondary N) is 1. The van der Waals surface area contributed by atoms with Crippen molar-refractivity contribution in [3.8, 4) is 0 Å². The minimum atomic E-state index is -0.342. The molecule has 0 atom stereocenters. The summed E-state index contributed by atoms with van der Waals surface area (Å²) in [7, 11) is 0. The molecule has 5 heteroatoms. The zero-order valence-electron chi connectivity index (χ0n) is 18.0. The minimum absolute atomic E-state index is 0.304. The van der Waals surface area contributed by atoms with Crippen LogP contribution in [0.25, 0.3) is 0 Å². The third kappa shape index (κ3) is 4.42. The van der Waals surface area contributed by atoms with Crippen LogP contribution in [0.15, 0.2) is 82.2 Å². The Balaban J connectivity index is 1.75. The Morgan fingerprint density at radius 1 is 0.677 bits per heavy atom. The first kappa shape index (κ1) is 20.9. The number of nitrogens with zero attached hydrogens (tertiary/aromatic N) is 1. The molecule has 0 bridgehead atoms. The minimum Gasteiger partial charge on any atom is -0.350 e. The van der Waals surface area contributed by atoms with Gasteiger partial charge in [0.2, 0.25) is 0 Å². The van der Waals surface area contributed by atoms with Gasteiger partial charge in [-0.25, -0.2) is 4.90 Å². The fourth-order valence-electron chi connectivity index (χ4n) is 3.53. The molecule has 1 N–H and O–H groups in total. The van der Waals surface area contributed by atoms with Gasteiger partial charge in [0.15, 0.2) is 0 Å². The highest BCUT2D eigenvalue weighted by Crippen LogP contribution is 2.38. The van der Waals surface area contributed by atoms with Gasteiger partial charge >= 0.3 is 0 Å². The van der Waals surface area contributed by atoms with Crippen molar-refractivity contribution in [2.45, 2.75) is 32.6 Å². The maximum Gasteiger partial charge on any atom is 0.283 e. The van der Waals surface area contributed by atoms with Crippen molar-refractivity contribution in [2.24, 2.45) is 0 Å². The second kappa shape index (κ2) is 8.44. The van der Waals surface area contributed by atoms with E-state index in [-0.39, 0.29) is 11.8 Å². The average molecular weight is 429 g/mol. The molecule has 0 saturated carbocycles. The summed E-state index contributed by atoms with van der Waals surface area (Å²) in [6, 6.07) is 21.4. The van der Waals surface area contributed by atoms with Crippen molar-refractivity contribution in [2.75, 3.05) is 10.2 Å². The predicted octanol–water partition coefficient (Wildman–Crippen LogP) is 5.91. The summed E-state index contributed by atoms with van der Waals surface area (Å²) in [6.45, 7) is 7.95. The second-order valence-corrected chi connectivity index (χ2v) is 8.99. The van der Waals surface area contributed by atoms with Gasteiger partial charge < -0.3 is 5.32 Å². The van der Waals surface area contributed by atoms with Crippen LogP contribution in [0.3, 0.4) is 0 Å². The van der Waals surface area contributed by atoms with E-state index in [0.717, 1.165) is 32.8 Å². The molecule has 3 aromatic rings. The summed E-state index contributed by atoms with van der Waals surface area (Å²) < 4.78 is 0. The maximum atomic E-state index is 13.5. The van der Waals surface area contributed by atoms with Crippen molar-refractivity contribution in [3.63, 3.8) is 0 Å². The number of benzene rings is 3. The van der Waals surface area contributed by atoms with Gasteiger partial charge in [-0.2, -0.15) is 0 Å². The number of amides is 2. The van der Waals surface area contributed by atoms with E-state index in [1.807, 2.05) is 94.4 Å². The van der Waals surface area contributed by atoms with E-state index in [0.29, 0.717) is 16.3 Å². The Morgan fingerprint density at radius 2 is 1.23 bits per heavy atom. The lowest BCUT2D eigenvalue weighted by molar-refractivity contribution is -0.120. The third-order valence-corrected chi connectivity index (χ3v) is 6.16. The van der Waals surface area contributed by atoms with Crippen LogP contribution in [0.2, 0.25) is 0 Å². The zero-order chi connectivity index (χ0) is 22.1. The van der Waals surface area contributed by atoms with E-state index < -0.39 is 0 Å². The average Bonchev–Trinajstić information content (AvgIpc) is 2.94. The Labute approximate surface area is 187 Å². The third-order valence-electron chi connectivity index (χ3n) is 5.07. The lowest BCUT2D eigenvalue weighted by Gasteiger charge is -2.17.